The highest BCUT2D eigenvalue weighted by molar-refractivity contribution is 5.82. The third-order valence-corrected chi connectivity index (χ3v) is 3.43. The number of hydrogen-bond donors (Lipinski definition) is 1. The van der Waals surface area contributed by atoms with Crippen LogP contribution in [0.1, 0.15) is 12.8 Å². The first kappa shape index (κ1) is 14.7. The first-order valence-electron chi connectivity index (χ1n) is 7.13. The molecule has 110 valence electrons. The summed E-state index contributed by atoms with van der Waals surface area (Å²) in [5.74, 6) is 0.179. The molecule has 2 rings (SSSR count). The SMILES string of the molecule is O=C([C@@H]1CCCN1)N1CCOCCOCCOCC1. The van der Waals surface area contributed by atoms with Crippen LogP contribution in [0.15, 0.2) is 0 Å². The van der Waals surface area contributed by atoms with E-state index in [2.05, 4.69) is 5.32 Å². The van der Waals surface area contributed by atoms with E-state index in [1.54, 1.807) is 0 Å². The Hall–Kier alpha value is -0.690. The van der Waals surface area contributed by atoms with Crippen molar-refractivity contribution in [1.29, 1.82) is 0 Å². The van der Waals surface area contributed by atoms with E-state index >= 15 is 0 Å². The summed E-state index contributed by atoms with van der Waals surface area (Å²) in [6.45, 7) is 5.62. The zero-order valence-electron chi connectivity index (χ0n) is 11.4. The molecule has 0 aromatic heterocycles. The van der Waals surface area contributed by atoms with Crippen molar-refractivity contribution in [2.45, 2.75) is 18.9 Å². The molecular weight excluding hydrogens is 248 g/mol. The monoisotopic (exact) mass is 272 g/mol. The molecule has 0 spiro atoms. The first-order chi connectivity index (χ1) is 9.38. The van der Waals surface area contributed by atoms with Crippen LogP contribution in [0.2, 0.25) is 0 Å². The fraction of sp³-hybridized carbons (Fsp3) is 0.923. The van der Waals surface area contributed by atoms with Crippen LogP contribution in [0.3, 0.4) is 0 Å². The van der Waals surface area contributed by atoms with Crippen molar-refractivity contribution >= 4 is 5.91 Å². The minimum absolute atomic E-state index is 0.0174. The normalized spacial score (nSPS) is 27.6. The molecule has 19 heavy (non-hydrogen) atoms. The van der Waals surface area contributed by atoms with Crippen molar-refractivity contribution in [1.82, 2.24) is 10.2 Å². The molecule has 2 aliphatic heterocycles. The second-order valence-corrected chi connectivity index (χ2v) is 4.81. The lowest BCUT2D eigenvalue weighted by Gasteiger charge is -2.26. The maximum atomic E-state index is 12.3. The second-order valence-electron chi connectivity index (χ2n) is 4.81. The molecule has 0 aliphatic carbocycles. The first-order valence-corrected chi connectivity index (χ1v) is 7.13. The zero-order chi connectivity index (χ0) is 13.3. The summed E-state index contributed by atoms with van der Waals surface area (Å²) in [4.78, 5) is 14.2. The Morgan fingerprint density at radius 1 is 0.947 bits per heavy atom. The standard InChI is InChI=1S/C13H24N2O4/c16-13(12-2-1-3-14-12)15-4-6-17-8-10-19-11-9-18-7-5-15/h12,14H,1-11H2/t12-/m0/s1. The summed E-state index contributed by atoms with van der Waals surface area (Å²) < 4.78 is 16.3. The van der Waals surface area contributed by atoms with Gasteiger partial charge in [0.15, 0.2) is 0 Å². The number of hydrogen-bond acceptors (Lipinski definition) is 5. The summed E-state index contributed by atoms with van der Waals surface area (Å²) >= 11 is 0. The van der Waals surface area contributed by atoms with Crippen molar-refractivity contribution in [3.8, 4) is 0 Å². The predicted molar refractivity (Wildman–Crippen MR) is 70.1 cm³/mol. The lowest BCUT2D eigenvalue weighted by molar-refractivity contribution is -0.135. The molecule has 6 nitrogen and oxygen atoms in total. The molecule has 1 amide bonds. The fourth-order valence-corrected chi connectivity index (χ4v) is 2.34. The molecule has 1 N–H and O–H groups in total. The van der Waals surface area contributed by atoms with Gasteiger partial charge in [0.2, 0.25) is 5.91 Å². The molecule has 0 aromatic carbocycles. The van der Waals surface area contributed by atoms with E-state index in [1.165, 1.54) is 0 Å². The maximum absolute atomic E-state index is 12.3. The van der Waals surface area contributed by atoms with Crippen LogP contribution in [-0.4, -0.2) is 76.1 Å². The van der Waals surface area contributed by atoms with E-state index in [9.17, 15) is 4.79 Å². The Bertz CT molecular complexity index is 257. The number of carbonyl (C=O) groups excluding carboxylic acids is 1. The van der Waals surface area contributed by atoms with Gasteiger partial charge in [0.25, 0.3) is 0 Å². The summed E-state index contributed by atoms with van der Waals surface area (Å²) in [6.07, 6.45) is 2.01. The van der Waals surface area contributed by atoms with Gasteiger partial charge in [-0.25, -0.2) is 0 Å². The van der Waals surface area contributed by atoms with Crippen LogP contribution in [0.4, 0.5) is 0 Å². The molecule has 1 atom stereocenters. The minimum atomic E-state index is -0.0174. The Morgan fingerprint density at radius 3 is 2.05 bits per heavy atom. The highest BCUT2D eigenvalue weighted by Crippen LogP contribution is 2.08. The van der Waals surface area contributed by atoms with Crippen molar-refractivity contribution in [2.75, 3.05) is 59.3 Å². The van der Waals surface area contributed by atoms with E-state index in [0.29, 0.717) is 52.7 Å². The van der Waals surface area contributed by atoms with Crippen LogP contribution >= 0.6 is 0 Å². The number of carbonyl (C=O) groups is 1. The van der Waals surface area contributed by atoms with Gasteiger partial charge in [-0.05, 0) is 19.4 Å². The Morgan fingerprint density at radius 2 is 1.53 bits per heavy atom. The molecule has 2 aliphatic rings. The van der Waals surface area contributed by atoms with Crippen LogP contribution in [-0.2, 0) is 19.0 Å². The summed E-state index contributed by atoms with van der Waals surface area (Å²) in [6, 6.07) is -0.0174. The molecule has 6 heteroatoms. The van der Waals surface area contributed by atoms with Crippen LogP contribution < -0.4 is 5.32 Å². The van der Waals surface area contributed by atoms with Crippen molar-refractivity contribution < 1.29 is 19.0 Å². The van der Waals surface area contributed by atoms with Gasteiger partial charge in [-0.15, -0.1) is 0 Å². The predicted octanol–water partition coefficient (Wildman–Crippen LogP) is -0.370. The van der Waals surface area contributed by atoms with E-state index in [-0.39, 0.29) is 11.9 Å². The number of nitrogens with zero attached hydrogens (tertiary/aromatic N) is 1. The number of rotatable bonds is 1. The lowest BCUT2D eigenvalue weighted by Crippen LogP contribution is -2.46. The molecule has 2 fully saturated rings. The third-order valence-electron chi connectivity index (χ3n) is 3.43. The van der Waals surface area contributed by atoms with Gasteiger partial charge in [-0.2, -0.15) is 0 Å². The molecule has 0 radical (unpaired) electrons. The Balaban J connectivity index is 1.81. The molecule has 2 heterocycles. The number of ether oxygens (including phenoxy) is 3. The van der Waals surface area contributed by atoms with E-state index in [4.69, 9.17) is 14.2 Å². The molecular formula is C13H24N2O4. The van der Waals surface area contributed by atoms with Crippen molar-refractivity contribution in [3.05, 3.63) is 0 Å². The van der Waals surface area contributed by atoms with Gasteiger partial charge >= 0.3 is 0 Å². The molecule has 0 saturated carbocycles. The largest absolute Gasteiger partial charge is 0.377 e. The minimum Gasteiger partial charge on any atom is -0.377 e. The van der Waals surface area contributed by atoms with Gasteiger partial charge in [0, 0.05) is 13.1 Å². The van der Waals surface area contributed by atoms with Crippen LogP contribution in [0.25, 0.3) is 0 Å². The molecule has 0 unspecified atom stereocenters. The number of amides is 1. The highest BCUT2D eigenvalue weighted by atomic mass is 16.5. The smallest absolute Gasteiger partial charge is 0.239 e. The molecule has 0 bridgehead atoms. The zero-order valence-corrected chi connectivity index (χ0v) is 11.4. The quantitative estimate of drug-likeness (QED) is 0.706. The average molecular weight is 272 g/mol. The maximum Gasteiger partial charge on any atom is 0.239 e. The lowest BCUT2D eigenvalue weighted by atomic mass is 10.2. The summed E-state index contributed by atoms with van der Waals surface area (Å²) in [5.41, 5.74) is 0. The van der Waals surface area contributed by atoms with Gasteiger partial charge < -0.3 is 24.4 Å². The van der Waals surface area contributed by atoms with Gasteiger partial charge in [-0.3, -0.25) is 4.79 Å². The highest BCUT2D eigenvalue weighted by Gasteiger charge is 2.26. The topological polar surface area (TPSA) is 60.0 Å². The van der Waals surface area contributed by atoms with Crippen LogP contribution in [0.5, 0.6) is 0 Å². The molecule has 0 aromatic rings. The van der Waals surface area contributed by atoms with E-state index in [1.807, 2.05) is 4.90 Å². The van der Waals surface area contributed by atoms with Crippen molar-refractivity contribution in [2.24, 2.45) is 0 Å². The average Bonchev–Trinajstić information content (AvgIpc) is 2.92. The van der Waals surface area contributed by atoms with Gasteiger partial charge in [-0.1, -0.05) is 0 Å². The summed E-state index contributed by atoms with van der Waals surface area (Å²) in [7, 11) is 0. The van der Waals surface area contributed by atoms with Gasteiger partial charge in [0.05, 0.1) is 45.7 Å². The Labute approximate surface area is 114 Å². The molecule has 2 saturated heterocycles. The summed E-state index contributed by atoms with van der Waals surface area (Å²) in [5, 5.41) is 3.25. The van der Waals surface area contributed by atoms with Crippen LogP contribution in [0, 0.1) is 0 Å². The Kier molecular flexibility index (Phi) is 6.56. The fourth-order valence-electron chi connectivity index (χ4n) is 2.34. The van der Waals surface area contributed by atoms with Crippen molar-refractivity contribution in [3.63, 3.8) is 0 Å². The van der Waals surface area contributed by atoms with E-state index < -0.39 is 0 Å². The second kappa shape index (κ2) is 8.47. The third kappa shape index (κ3) is 5.06. The number of nitrogens with one attached hydrogen (secondary N) is 1. The van der Waals surface area contributed by atoms with E-state index in [0.717, 1.165) is 19.4 Å². The van der Waals surface area contributed by atoms with Gasteiger partial charge in [0.1, 0.15) is 0 Å².